The number of aromatic nitrogens is 2. The summed E-state index contributed by atoms with van der Waals surface area (Å²) in [6.07, 6.45) is 7.18. The van der Waals surface area contributed by atoms with Gasteiger partial charge in [0.1, 0.15) is 11.5 Å². The Labute approximate surface area is 132 Å². The molecule has 3 heterocycles. The van der Waals surface area contributed by atoms with Gasteiger partial charge in [-0.25, -0.2) is 4.98 Å². The molecule has 120 valence electrons. The van der Waals surface area contributed by atoms with Gasteiger partial charge in [0.2, 0.25) is 0 Å². The van der Waals surface area contributed by atoms with Crippen LogP contribution < -0.4 is 4.90 Å². The van der Waals surface area contributed by atoms with Crippen LogP contribution in [0.15, 0.2) is 12.4 Å². The van der Waals surface area contributed by atoms with Gasteiger partial charge in [0.25, 0.3) is 5.91 Å². The number of likely N-dealkylation sites (N-methyl/N-ethyl adjacent to an activating group) is 1. The molecule has 1 aromatic rings. The second-order valence-electron chi connectivity index (χ2n) is 6.76. The molecular weight excluding hydrogens is 278 g/mol. The molecule has 2 fully saturated rings. The molecule has 2 bridgehead atoms. The Morgan fingerprint density at radius 2 is 2.05 bits per heavy atom. The first-order chi connectivity index (χ1) is 10.5. The van der Waals surface area contributed by atoms with E-state index in [1.165, 1.54) is 19.3 Å². The topological polar surface area (TPSA) is 52.6 Å². The first-order valence-electron chi connectivity index (χ1n) is 8.03. The molecule has 0 saturated carbocycles. The highest BCUT2D eigenvalue weighted by Gasteiger charge is 2.31. The molecule has 6 nitrogen and oxygen atoms in total. The lowest BCUT2D eigenvalue weighted by molar-refractivity contribution is 0.0821. The van der Waals surface area contributed by atoms with E-state index in [0.29, 0.717) is 17.7 Å². The Kier molecular flexibility index (Phi) is 4.29. The van der Waals surface area contributed by atoms with Gasteiger partial charge in [-0.1, -0.05) is 6.42 Å². The van der Waals surface area contributed by atoms with E-state index in [1.54, 1.807) is 31.4 Å². The predicted octanol–water partition coefficient (Wildman–Crippen LogP) is 1.10. The Bertz CT molecular complexity index is 547. The monoisotopic (exact) mass is 303 g/mol. The summed E-state index contributed by atoms with van der Waals surface area (Å²) in [6, 6.07) is 0.572. The zero-order valence-corrected chi connectivity index (χ0v) is 13.7. The summed E-state index contributed by atoms with van der Waals surface area (Å²) in [5, 5.41) is 0. The van der Waals surface area contributed by atoms with E-state index in [4.69, 9.17) is 0 Å². The molecule has 0 N–H and O–H groups in total. The van der Waals surface area contributed by atoms with E-state index in [0.717, 1.165) is 25.5 Å². The van der Waals surface area contributed by atoms with Crippen molar-refractivity contribution >= 4 is 11.7 Å². The average Bonchev–Trinajstić information content (AvgIpc) is 2.75. The third-order valence-electron chi connectivity index (χ3n) is 4.80. The van der Waals surface area contributed by atoms with E-state index in [2.05, 4.69) is 26.8 Å². The van der Waals surface area contributed by atoms with Crippen molar-refractivity contribution in [3.63, 3.8) is 0 Å². The van der Waals surface area contributed by atoms with Crippen molar-refractivity contribution in [2.45, 2.75) is 25.3 Å². The van der Waals surface area contributed by atoms with Crippen molar-refractivity contribution in [3.8, 4) is 0 Å². The molecule has 0 aromatic carbocycles. The molecule has 22 heavy (non-hydrogen) atoms. The highest BCUT2D eigenvalue weighted by molar-refractivity contribution is 5.91. The number of hydrogen-bond acceptors (Lipinski definition) is 5. The molecular formula is C16H25N5O. The van der Waals surface area contributed by atoms with Crippen molar-refractivity contribution in [3.05, 3.63) is 18.1 Å². The second kappa shape index (κ2) is 6.20. The number of carbonyl (C=O) groups excluding carboxylic acids is 1. The summed E-state index contributed by atoms with van der Waals surface area (Å²) in [4.78, 5) is 27.2. The largest absolute Gasteiger partial charge is 0.353 e. The minimum Gasteiger partial charge on any atom is -0.353 e. The van der Waals surface area contributed by atoms with Crippen molar-refractivity contribution in [2.75, 3.05) is 45.7 Å². The number of hydrogen-bond donors (Lipinski definition) is 0. The highest BCUT2D eigenvalue weighted by Crippen LogP contribution is 2.27. The molecule has 2 aliphatic rings. The standard InChI is InChI=1S/C16H25N5O/c1-19(2)16(22)14-7-17-8-15(18-14)21-10-12-5-4-6-13(11-21)20(3)9-12/h7-8,12-13H,4-6,9-11H2,1-3H3/t12-,13-/m0/s1. The van der Waals surface area contributed by atoms with Gasteiger partial charge in [0.05, 0.1) is 12.4 Å². The molecule has 1 amide bonds. The molecule has 2 saturated heterocycles. The third kappa shape index (κ3) is 3.06. The van der Waals surface area contributed by atoms with Gasteiger partial charge in [-0.2, -0.15) is 0 Å². The van der Waals surface area contributed by atoms with Crippen LogP contribution in [-0.2, 0) is 0 Å². The molecule has 3 rings (SSSR count). The van der Waals surface area contributed by atoms with Gasteiger partial charge in [0, 0.05) is 39.8 Å². The summed E-state index contributed by atoms with van der Waals surface area (Å²) in [7, 11) is 5.70. The molecule has 0 spiro atoms. The second-order valence-corrected chi connectivity index (χ2v) is 6.76. The first kappa shape index (κ1) is 15.2. The number of carbonyl (C=O) groups is 1. The van der Waals surface area contributed by atoms with Gasteiger partial charge >= 0.3 is 0 Å². The van der Waals surface area contributed by atoms with Crippen LogP contribution in [0.25, 0.3) is 0 Å². The highest BCUT2D eigenvalue weighted by atomic mass is 16.2. The van der Waals surface area contributed by atoms with Gasteiger partial charge in [-0.3, -0.25) is 9.78 Å². The first-order valence-corrected chi connectivity index (χ1v) is 8.03. The number of fused-ring (bicyclic) bond motifs is 3. The molecule has 0 radical (unpaired) electrons. The summed E-state index contributed by atoms with van der Waals surface area (Å²) >= 11 is 0. The number of rotatable bonds is 2. The van der Waals surface area contributed by atoms with Gasteiger partial charge in [0.15, 0.2) is 0 Å². The molecule has 1 aromatic heterocycles. The fourth-order valence-corrected chi connectivity index (χ4v) is 3.56. The Hall–Kier alpha value is -1.69. The van der Waals surface area contributed by atoms with E-state index in [1.807, 2.05) is 0 Å². The summed E-state index contributed by atoms with van der Waals surface area (Å²) in [5.41, 5.74) is 0.422. The van der Waals surface area contributed by atoms with Crippen LogP contribution in [-0.4, -0.2) is 72.5 Å². The predicted molar refractivity (Wildman–Crippen MR) is 86.0 cm³/mol. The third-order valence-corrected chi connectivity index (χ3v) is 4.80. The van der Waals surface area contributed by atoms with Crippen LogP contribution in [0, 0.1) is 5.92 Å². The van der Waals surface area contributed by atoms with Crippen LogP contribution in [0.4, 0.5) is 5.82 Å². The Balaban J connectivity index is 1.85. The Morgan fingerprint density at radius 3 is 2.82 bits per heavy atom. The number of nitrogens with zero attached hydrogens (tertiary/aromatic N) is 5. The normalized spacial score (nSPS) is 25.7. The quantitative estimate of drug-likeness (QED) is 0.819. The fraction of sp³-hybridized carbons (Fsp3) is 0.688. The van der Waals surface area contributed by atoms with Crippen LogP contribution >= 0.6 is 0 Å². The van der Waals surface area contributed by atoms with Crippen molar-refractivity contribution in [1.29, 1.82) is 0 Å². The minimum absolute atomic E-state index is 0.0958. The number of anilines is 1. The van der Waals surface area contributed by atoms with E-state index < -0.39 is 0 Å². The zero-order valence-electron chi connectivity index (χ0n) is 13.7. The Morgan fingerprint density at radius 1 is 1.23 bits per heavy atom. The van der Waals surface area contributed by atoms with Crippen LogP contribution in [0.3, 0.4) is 0 Å². The zero-order chi connectivity index (χ0) is 15.7. The van der Waals surface area contributed by atoms with E-state index in [-0.39, 0.29) is 5.91 Å². The average molecular weight is 303 g/mol. The van der Waals surface area contributed by atoms with Crippen LogP contribution in [0.2, 0.25) is 0 Å². The maximum atomic E-state index is 12.1. The fourth-order valence-electron chi connectivity index (χ4n) is 3.56. The summed E-state index contributed by atoms with van der Waals surface area (Å²) in [5.74, 6) is 1.41. The van der Waals surface area contributed by atoms with E-state index >= 15 is 0 Å². The lowest BCUT2D eigenvalue weighted by Crippen LogP contribution is -2.39. The van der Waals surface area contributed by atoms with Gasteiger partial charge in [-0.05, 0) is 25.8 Å². The van der Waals surface area contributed by atoms with Crippen LogP contribution in [0.5, 0.6) is 0 Å². The maximum absolute atomic E-state index is 12.1. The van der Waals surface area contributed by atoms with E-state index in [9.17, 15) is 4.79 Å². The molecule has 6 heteroatoms. The van der Waals surface area contributed by atoms with Gasteiger partial charge in [-0.15, -0.1) is 0 Å². The minimum atomic E-state index is -0.0958. The lowest BCUT2D eigenvalue weighted by Gasteiger charge is -2.30. The molecule has 2 atom stereocenters. The summed E-state index contributed by atoms with van der Waals surface area (Å²) < 4.78 is 0. The van der Waals surface area contributed by atoms with Crippen molar-refractivity contribution in [1.82, 2.24) is 19.8 Å². The van der Waals surface area contributed by atoms with Gasteiger partial charge < -0.3 is 14.7 Å². The molecule has 0 aliphatic carbocycles. The molecule has 0 unspecified atom stereocenters. The molecule has 2 aliphatic heterocycles. The maximum Gasteiger partial charge on any atom is 0.273 e. The summed E-state index contributed by atoms with van der Waals surface area (Å²) in [6.45, 7) is 3.14. The van der Waals surface area contributed by atoms with Crippen LogP contribution in [0.1, 0.15) is 29.8 Å². The van der Waals surface area contributed by atoms with Crippen molar-refractivity contribution in [2.24, 2.45) is 5.92 Å². The SMILES string of the molecule is CN(C)C(=O)c1cncc(N2C[C@H]3CCC[C@@H](C2)N(C)C3)n1. The smallest absolute Gasteiger partial charge is 0.273 e. The number of amides is 1. The van der Waals surface area contributed by atoms with Crippen molar-refractivity contribution < 1.29 is 4.79 Å². The lowest BCUT2D eigenvalue weighted by atomic mass is 10.00.